The Bertz CT molecular complexity index is 763. The predicted molar refractivity (Wildman–Crippen MR) is 93.2 cm³/mol. The molecule has 128 valence electrons. The zero-order chi connectivity index (χ0) is 17.5. The van der Waals surface area contributed by atoms with E-state index in [1.807, 2.05) is 27.8 Å². The van der Waals surface area contributed by atoms with Crippen LogP contribution in [0.4, 0.5) is 15.8 Å². The molecule has 5 nitrogen and oxygen atoms in total. The Balaban J connectivity index is 1.99. The Labute approximate surface area is 141 Å². The van der Waals surface area contributed by atoms with Gasteiger partial charge >= 0.3 is 0 Å². The Morgan fingerprint density at radius 2 is 1.96 bits per heavy atom. The first kappa shape index (κ1) is 16.5. The van der Waals surface area contributed by atoms with Crippen LogP contribution in [0.2, 0.25) is 0 Å². The van der Waals surface area contributed by atoms with Gasteiger partial charge in [-0.1, -0.05) is 0 Å². The molecule has 1 amide bonds. The molecule has 0 saturated heterocycles. The quantitative estimate of drug-likeness (QED) is 0.806. The fourth-order valence-electron chi connectivity index (χ4n) is 2.91. The molecule has 0 unspecified atom stereocenters. The minimum absolute atomic E-state index is 0.146. The third-order valence-corrected chi connectivity index (χ3v) is 4.28. The van der Waals surface area contributed by atoms with E-state index in [9.17, 15) is 9.18 Å². The first-order valence-corrected chi connectivity index (χ1v) is 8.15. The summed E-state index contributed by atoms with van der Waals surface area (Å²) < 4.78 is 15.6. The number of nitrogens with zero attached hydrogens (tertiary/aromatic N) is 4. The SMILES string of the molecule is CN1CCCN(C(=O)c2cnn(C(C)(C)C)c2)c2cc(F)ccc21. The summed E-state index contributed by atoms with van der Waals surface area (Å²) in [6, 6.07) is 4.60. The van der Waals surface area contributed by atoms with E-state index in [0.717, 1.165) is 18.7 Å². The van der Waals surface area contributed by atoms with E-state index in [1.165, 1.54) is 12.1 Å². The molecule has 6 heteroatoms. The molecule has 0 aliphatic carbocycles. The number of hydrogen-bond acceptors (Lipinski definition) is 3. The second kappa shape index (κ2) is 5.92. The molecule has 1 aliphatic heterocycles. The van der Waals surface area contributed by atoms with Crippen LogP contribution in [0.1, 0.15) is 37.6 Å². The molecule has 0 atom stereocenters. The number of rotatable bonds is 1. The lowest BCUT2D eigenvalue weighted by molar-refractivity contribution is 0.0987. The molecular formula is C18H23FN4O. The molecule has 0 bridgehead atoms. The van der Waals surface area contributed by atoms with Crippen LogP contribution in [0.25, 0.3) is 0 Å². The number of aromatic nitrogens is 2. The van der Waals surface area contributed by atoms with Crippen molar-refractivity contribution in [2.45, 2.75) is 32.7 Å². The fraction of sp³-hybridized carbons (Fsp3) is 0.444. The second-order valence-electron chi connectivity index (χ2n) is 7.21. The lowest BCUT2D eigenvalue weighted by Crippen LogP contribution is -2.31. The van der Waals surface area contributed by atoms with Gasteiger partial charge in [0.1, 0.15) is 5.82 Å². The third kappa shape index (κ3) is 3.00. The first-order valence-electron chi connectivity index (χ1n) is 8.15. The smallest absolute Gasteiger partial charge is 0.261 e. The fourth-order valence-corrected chi connectivity index (χ4v) is 2.91. The van der Waals surface area contributed by atoms with Crippen molar-refractivity contribution in [1.29, 1.82) is 0 Å². The molecule has 0 spiro atoms. The Hall–Kier alpha value is -2.37. The Morgan fingerprint density at radius 3 is 2.62 bits per heavy atom. The molecular weight excluding hydrogens is 307 g/mol. The van der Waals surface area contributed by atoms with Crippen LogP contribution in [-0.4, -0.2) is 35.8 Å². The summed E-state index contributed by atoms with van der Waals surface area (Å²) in [6.45, 7) is 7.46. The maximum atomic E-state index is 13.8. The van der Waals surface area contributed by atoms with Gasteiger partial charge in [-0.2, -0.15) is 5.10 Å². The molecule has 1 aromatic carbocycles. The van der Waals surface area contributed by atoms with Gasteiger partial charge in [0.25, 0.3) is 5.91 Å². The van der Waals surface area contributed by atoms with Gasteiger partial charge in [0.05, 0.1) is 28.7 Å². The third-order valence-electron chi connectivity index (χ3n) is 4.28. The van der Waals surface area contributed by atoms with E-state index in [0.29, 0.717) is 17.8 Å². The summed E-state index contributed by atoms with van der Waals surface area (Å²) in [6.07, 6.45) is 4.17. The zero-order valence-corrected chi connectivity index (χ0v) is 14.6. The van der Waals surface area contributed by atoms with E-state index < -0.39 is 0 Å². The van der Waals surface area contributed by atoms with Gasteiger partial charge in [0.15, 0.2) is 0 Å². The van der Waals surface area contributed by atoms with Crippen molar-refractivity contribution in [1.82, 2.24) is 9.78 Å². The Kier molecular flexibility index (Phi) is 4.07. The number of carbonyl (C=O) groups is 1. The van der Waals surface area contributed by atoms with Gasteiger partial charge in [0.2, 0.25) is 0 Å². The van der Waals surface area contributed by atoms with Crippen LogP contribution in [0, 0.1) is 5.82 Å². The molecule has 0 N–H and O–H groups in total. The summed E-state index contributed by atoms with van der Waals surface area (Å²) >= 11 is 0. The molecule has 1 aliphatic rings. The van der Waals surface area contributed by atoms with Gasteiger partial charge < -0.3 is 9.80 Å². The minimum Gasteiger partial charge on any atom is -0.373 e. The molecule has 0 radical (unpaired) electrons. The van der Waals surface area contributed by atoms with Gasteiger partial charge in [-0.25, -0.2) is 4.39 Å². The number of carbonyl (C=O) groups excluding carboxylic acids is 1. The van der Waals surface area contributed by atoms with Crippen molar-refractivity contribution in [2.75, 3.05) is 29.9 Å². The number of anilines is 2. The van der Waals surface area contributed by atoms with Gasteiger partial charge in [-0.15, -0.1) is 0 Å². The monoisotopic (exact) mass is 330 g/mol. The summed E-state index contributed by atoms with van der Waals surface area (Å²) in [4.78, 5) is 16.7. The topological polar surface area (TPSA) is 41.4 Å². The lowest BCUT2D eigenvalue weighted by atomic mass is 10.1. The number of halogens is 1. The summed E-state index contributed by atoms with van der Waals surface area (Å²) in [7, 11) is 1.96. The average Bonchev–Trinajstić information content (AvgIpc) is 2.95. The van der Waals surface area contributed by atoms with Crippen molar-refractivity contribution >= 4 is 17.3 Å². The highest BCUT2D eigenvalue weighted by Gasteiger charge is 2.26. The summed E-state index contributed by atoms with van der Waals surface area (Å²) in [5, 5.41) is 4.30. The van der Waals surface area contributed by atoms with E-state index in [-0.39, 0.29) is 17.3 Å². The maximum Gasteiger partial charge on any atom is 0.261 e. The van der Waals surface area contributed by atoms with Crippen LogP contribution in [0.15, 0.2) is 30.6 Å². The van der Waals surface area contributed by atoms with Crippen molar-refractivity contribution in [3.8, 4) is 0 Å². The van der Waals surface area contributed by atoms with Crippen molar-refractivity contribution in [3.63, 3.8) is 0 Å². The lowest BCUT2D eigenvalue weighted by Gasteiger charge is -2.24. The second-order valence-corrected chi connectivity index (χ2v) is 7.21. The standard InChI is InChI=1S/C18H23FN4O/c1-18(2,3)23-12-13(11-20-23)17(24)22-9-5-8-21(4)15-7-6-14(19)10-16(15)22/h6-7,10-12H,5,8-9H2,1-4H3. The van der Waals surface area contributed by atoms with E-state index in [1.54, 1.807) is 28.0 Å². The van der Waals surface area contributed by atoms with E-state index >= 15 is 0 Å². The van der Waals surface area contributed by atoms with E-state index in [2.05, 4.69) is 10.00 Å². The first-order chi connectivity index (χ1) is 11.3. The van der Waals surface area contributed by atoms with Crippen LogP contribution >= 0.6 is 0 Å². The van der Waals surface area contributed by atoms with Gasteiger partial charge in [0, 0.05) is 26.3 Å². The number of fused-ring (bicyclic) bond motifs is 1. The van der Waals surface area contributed by atoms with Gasteiger partial charge in [-0.05, 0) is 45.4 Å². The minimum atomic E-state index is -0.341. The largest absolute Gasteiger partial charge is 0.373 e. The van der Waals surface area contributed by atoms with E-state index in [4.69, 9.17) is 0 Å². The predicted octanol–water partition coefficient (Wildman–Crippen LogP) is 3.26. The molecule has 1 aromatic heterocycles. The maximum absolute atomic E-state index is 13.8. The molecule has 0 saturated carbocycles. The van der Waals surface area contributed by atoms with Crippen LogP contribution in [-0.2, 0) is 5.54 Å². The number of benzene rings is 1. The summed E-state index contributed by atoms with van der Waals surface area (Å²) in [5.74, 6) is -0.486. The van der Waals surface area contributed by atoms with Crippen LogP contribution < -0.4 is 9.80 Å². The highest BCUT2D eigenvalue weighted by molar-refractivity contribution is 6.07. The molecule has 0 fully saturated rings. The van der Waals surface area contributed by atoms with Crippen molar-refractivity contribution in [2.24, 2.45) is 0 Å². The molecule has 2 heterocycles. The summed E-state index contributed by atoms with van der Waals surface area (Å²) in [5.41, 5.74) is 1.81. The highest BCUT2D eigenvalue weighted by atomic mass is 19.1. The number of hydrogen-bond donors (Lipinski definition) is 0. The molecule has 2 aromatic rings. The van der Waals surface area contributed by atoms with Crippen LogP contribution in [0.3, 0.4) is 0 Å². The Morgan fingerprint density at radius 1 is 1.21 bits per heavy atom. The number of amides is 1. The zero-order valence-electron chi connectivity index (χ0n) is 14.6. The molecule has 3 rings (SSSR count). The van der Waals surface area contributed by atoms with Crippen LogP contribution in [0.5, 0.6) is 0 Å². The normalized spacial score (nSPS) is 15.2. The van der Waals surface area contributed by atoms with Crippen molar-refractivity contribution < 1.29 is 9.18 Å². The van der Waals surface area contributed by atoms with Crippen molar-refractivity contribution in [3.05, 3.63) is 42.0 Å². The average molecular weight is 330 g/mol. The highest BCUT2D eigenvalue weighted by Crippen LogP contribution is 2.33. The van der Waals surface area contributed by atoms with Gasteiger partial charge in [-0.3, -0.25) is 9.48 Å². The molecule has 24 heavy (non-hydrogen) atoms.